The lowest BCUT2D eigenvalue weighted by molar-refractivity contribution is -0.183. The molecular weight excluding hydrogens is 596 g/mol. The molecule has 1 fully saturated rings. The number of carboxylic acids is 1. The predicted molar refractivity (Wildman–Crippen MR) is 181 cm³/mol. The molecule has 0 amide bonds. The summed E-state index contributed by atoms with van der Waals surface area (Å²) in [6.45, 7) is 14.4. The van der Waals surface area contributed by atoms with E-state index in [1.54, 1.807) is 25.1 Å². The van der Waals surface area contributed by atoms with Gasteiger partial charge in [-0.3, -0.25) is 0 Å². The van der Waals surface area contributed by atoms with Crippen molar-refractivity contribution < 1.29 is 39.1 Å². The molecule has 1 aliphatic carbocycles. The van der Waals surface area contributed by atoms with Crippen LogP contribution in [0.1, 0.15) is 90.7 Å². The molecule has 0 aromatic heterocycles. The molecule has 2 aromatic rings. The molecule has 3 N–H and O–H groups in total. The van der Waals surface area contributed by atoms with Crippen LogP contribution < -0.4 is 9.47 Å². The number of phenols is 2. The van der Waals surface area contributed by atoms with Crippen LogP contribution in [0.4, 0.5) is 0 Å². The van der Waals surface area contributed by atoms with Gasteiger partial charge in [-0.1, -0.05) is 41.5 Å². The Morgan fingerprint density at radius 1 is 1.04 bits per heavy atom. The van der Waals surface area contributed by atoms with Crippen molar-refractivity contribution in [3.8, 4) is 34.1 Å². The maximum Gasteiger partial charge on any atom is 0.350 e. The first kappa shape index (κ1) is 33.9. The van der Waals surface area contributed by atoms with Gasteiger partial charge in [0.05, 0.1) is 6.61 Å². The number of carbonyl (C=O) groups excluding carboxylic acids is 1. The fraction of sp³-hybridized carbons (Fsp3) is 0.436. The van der Waals surface area contributed by atoms with Crippen LogP contribution in [0.3, 0.4) is 0 Å². The Morgan fingerprint density at radius 3 is 2.47 bits per heavy atom. The number of carbonyl (C=O) groups is 2. The Hall–Kier alpha value is -4.46. The Kier molecular flexibility index (Phi) is 9.62. The highest BCUT2D eigenvalue weighted by Gasteiger charge is 2.64. The molecule has 1 spiro atoms. The second-order valence-corrected chi connectivity index (χ2v) is 13.4. The molecule has 2 heterocycles. The second kappa shape index (κ2) is 13.3. The maximum absolute atomic E-state index is 13.5. The number of aliphatic carboxylic acids is 1. The molecule has 8 heteroatoms. The third-order valence-corrected chi connectivity index (χ3v) is 9.61. The minimum atomic E-state index is -1.29. The van der Waals surface area contributed by atoms with Crippen molar-refractivity contribution in [3.05, 3.63) is 82.5 Å². The number of rotatable bonds is 12. The largest absolute Gasteiger partial charge is 0.508 e. The van der Waals surface area contributed by atoms with Crippen LogP contribution in [-0.2, 0) is 26.3 Å². The average Bonchev–Trinajstić information content (AvgIpc) is 2.99. The third-order valence-electron chi connectivity index (χ3n) is 9.61. The lowest BCUT2D eigenvalue weighted by Gasteiger charge is -2.56. The zero-order valence-electron chi connectivity index (χ0n) is 28.1. The first-order valence-corrected chi connectivity index (χ1v) is 16.5. The summed E-state index contributed by atoms with van der Waals surface area (Å²) in [7, 11) is 0. The number of esters is 1. The normalized spacial score (nSPS) is 22.6. The van der Waals surface area contributed by atoms with Gasteiger partial charge in [0.25, 0.3) is 0 Å². The second-order valence-electron chi connectivity index (χ2n) is 13.4. The summed E-state index contributed by atoms with van der Waals surface area (Å²) in [5.41, 5.74) is 3.33. The molecule has 3 unspecified atom stereocenters. The molecule has 0 radical (unpaired) electrons. The van der Waals surface area contributed by atoms with Crippen LogP contribution >= 0.6 is 0 Å². The van der Waals surface area contributed by atoms with E-state index < -0.39 is 23.1 Å². The minimum absolute atomic E-state index is 0.0176. The van der Waals surface area contributed by atoms with Crippen molar-refractivity contribution in [1.29, 1.82) is 0 Å². The number of fused-ring (bicyclic) bond motifs is 3. The van der Waals surface area contributed by atoms with Crippen molar-refractivity contribution in [3.63, 3.8) is 0 Å². The van der Waals surface area contributed by atoms with E-state index >= 15 is 0 Å². The van der Waals surface area contributed by atoms with E-state index in [2.05, 4.69) is 39.5 Å². The van der Waals surface area contributed by atoms with Crippen LogP contribution in [0.2, 0.25) is 0 Å². The molecular formula is C39H46O8. The zero-order chi connectivity index (χ0) is 34.1. The Morgan fingerprint density at radius 2 is 1.79 bits per heavy atom. The van der Waals surface area contributed by atoms with Gasteiger partial charge in [-0.25, -0.2) is 9.59 Å². The smallest absolute Gasteiger partial charge is 0.350 e. The molecule has 3 atom stereocenters. The number of hydrogen-bond donors (Lipinski definition) is 3. The van der Waals surface area contributed by atoms with Crippen LogP contribution in [-0.4, -0.2) is 39.5 Å². The highest BCUT2D eigenvalue weighted by atomic mass is 16.6. The van der Waals surface area contributed by atoms with Crippen molar-refractivity contribution in [2.24, 2.45) is 5.92 Å². The summed E-state index contributed by atoms with van der Waals surface area (Å²) in [6.07, 6.45) is 10.0. The molecule has 47 heavy (non-hydrogen) atoms. The highest BCUT2D eigenvalue weighted by Crippen LogP contribution is 2.65. The first-order valence-electron chi connectivity index (χ1n) is 16.5. The van der Waals surface area contributed by atoms with Crippen molar-refractivity contribution in [2.75, 3.05) is 6.61 Å². The summed E-state index contributed by atoms with van der Waals surface area (Å²) >= 11 is 0. The molecule has 3 aliphatic rings. The van der Waals surface area contributed by atoms with Crippen LogP contribution in [0.25, 0.3) is 11.1 Å². The zero-order valence-corrected chi connectivity index (χ0v) is 28.1. The van der Waals surface area contributed by atoms with E-state index in [1.165, 1.54) is 23.3 Å². The molecule has 1 saturated carbocycles. The summed E-state index contributed by atoms with van der Waals surface area (Å²) in [4.78, 5) is 25.8. The lowest BCUT2D eigenvalue weighted by Crippen LogP contribution is -2.62. The van der Waals surface area contributed by atoms with E-state index in [1.807, 2.05) is 6.92 Å². The van der Waals surface area contributed by atoms with Gasteiger partial charge in [0.1, 0.15) is 28.6 Å². The fourth-order valence-electron chi connectivity index (χ4n) is 7.44. The third kappa shape index (κ3) is 6.42. The molecule has 8 nitrogen and oxygen atoms in total. The SMILES string of the molecule is C=C(C)C1CCC2(C(=O)OCC)CC13Oc1c(CC=C(CCC=C(C)CCC=C(C)C)C(=O)O)cc(O)cc1-c1c(O)ccc(c13)O2. The van der Waals surface area contributed by atoms with Gasteiger partial charge < -0.3 is 29.5 Å². The number of carboxylic acid groups (broad SMARTS) is 1. The van der Waals surface area contributed by atoms with Gasteiger partial charge in [0.2, 0.25) is 5.60 Å². The molecule has 250 valence electrons. The molecule has 0 saturated heterocycles. The topological polar surface area (TPSA) is 123 Å². The predicted octanol–water partition coefficient (Wildman–Crippen LogP) is 8.45. The van der Waals surface area contributed by atoms with E-state index in [9.17, 15) is 24.9 Å². The van der Waals surface area contributed by atoms with Crippen molar-refractivity contribution in [1.82, 2.24) is 0 Å². The van der Waals surface area contributed by atoms with E-state index in [4.69, 9.17) is 14.2 Å². The standard InChI is InChI=1S/C39H46O8/c1-7-45-37(44)38-19-18-30(24(4)5)39(22-38)34-32(46-38)17-16-31(41)33(34)29-21-28(40)20-27(35(29)47-39)15-14-26(36(42)43)13-9-12-25(6)11-8-10-23(2)3/h10,12,14,16-17,20-21,30,40-41H,4,7-9,11,13,15,18-19,22H2,1-3,5-6H3,(H,42,43). The number of allylic oxidation sites excluding steroid dienone is 5. The summed E-state index contributed by atoms with van der Waals surface area (Å²) < 4.78 is 19.0. The van der Waals surface area contributed by atoms with E-state index in [-0.39, 0.29) is 42.4 Å². The van der Waals surface area contributed by atoms with Crippen molar-refractivity contribution in [2.45, 2.75) is 97.2 Å². The van der Waals surface area contributed by atoms with Crippen molar-refractivity contribution >= 4 is 11.9 Å². The van der Waals surface area contributed by atoms with Crippen LogP contribution in [0.15, 0.2) is 71.4 Å². The Labute approximate surface area is 277 Å². The van der Waals surface area contributed by atoms with E-state index in [0.717, 1.165) is 18.4 Å². The molecule has 2 bridgehead atoms. The van der Waals surface area contributed by atoms with Gasteiger partial charge in [-0.05, 0) is 104 Å². The number of ether oxygens (including phenoxy) is 3. The maximum atomic E-state index is 13.5. The number of hydrogen-bond acceptors (Lipinski definition) is 7. The molecule has 5 rings (SSSR count). The summed E-state index contributed by atoms with van der Waals surface area (Å²) in [5, 5.41) is 32.3. The summed E-state index contributed by atoms with van der Waals surface area (Å²) in [6, 6.07) is 6.28. The molecule has 2 aromatic carbocycles. The van der Waals surface area contributed by atoms with Gasteiger partial charge in [0, 0.05) is 40.2 Å². The summed E-state index contributed by atoms with van der Waals surface area (Å²) in [5.74, 6) is -0.915. The average molecular weight is 643 g/mol. The van der Waals surface area contributed by atoms with E-state index in [0.29, 0.717) is 59.4 Å². The van der Waals surface area contributed by atoms with Gasteiger partial charge >= 0.3 is 11.9 Å². The van der Waals surface area contributed by atoms with Crippen LogP contribution in [0.5, 0.6) is 23.0 Å². The van der Waals surface area contributed by atoms with Gasteiger partial charge in [0.15, 0.2) is 0 Å². The number of aromatic hydroxyl groups is 2. The lowest BCUT2D eigenvalue weighted by atomic mass is 9.60. The molecule has 2 aliphatic heterocycles. The highest BCUT2D eigenvalue weighted by molar-refractivity contribution is 5.89. The first-order chi connectivity index (χ1) is 22.3. The van der Waals surface area contributed by atoms with Crippen LogP contribution in [0, 0.1) is 5.92 Å². The fourth-order valence-corrected chi connectivity index (χ4v) is 7.44. The minimum Gasteiger partial charge on any atom is -0.508 e. The quantitative estimate of drug-likeness (QED) is 0.120. The Balaban J connectivity index is 1.56. The number of benzene rings is 2. The number of phenolic OH excluding ortho intramolecular Hbond substituents is 2. The monoisotopic (exact) mass is 642 g/mol. The van der Waals surface area contributed by atoms with Gasteiger partial charge in [-0.15, -0.1) is 0 Å². The van der Waals surface area contributed by atoms with Gasteiger partial charge in [-0.2, -0.15) is 0 Å². The Bertz CT molecular complexity index is 1690.